The molecular formula is C8H8BrN5O. The average Bonchev–Trinajstić information content (AvgIpc) is 2.59. The van der Waals surface area contributed by atoms with Gasteiger partial charge in [-0.15, -0.1) is 5.10 Å². The number of ether oxygens (including phenoxy) is 1. The lowest BCUT2D eigenvalue weighted by atomic mass is 10.6. The van der Waals surface area contributed by atoms with Crippen LogP contribution < -0.4 is 10.5 Å². The summed E-state index contributed by atoms with van der Waals surface area (Å²) in [5.74, 6) is 1.38. The molecule has 7 heteroatoms. The molecule has 2 aromatic heterocycles. The summed E-state index contributed by atoms with van der Waals surface area (Å²) in [7, 11) is 1.53. The van der Waals surface area contributed by atoms with E-state index >= 15 is 0 Å². The molecule has 0 aliphatic rings. The van der Waals surface area contributed by atoms with Gasteiger partial charge in [-0.2, -0.15) is 4.98 Å². The SMILES string of the molecule is COc1cncc(-n2cc(Br)c(N)n2)n1. The summed E-state index contributed by atoms with van der Waals surface area (Å²) in [6, 6.07) is 0. The average molecular weight is 270 g/mol. The fourth-order valence-corrected chi connectivity index (χ4v) is 1.30. The maximum atomic E-state index is 5.59. The number of rotatable bonds is 2. The van der Waals surface area contributed by atoms with E-state index in [-0.39, 0.29) is 0 Å². The van der Waals surface area contributed by atoms with Gasteiger partial charge in [-0.05, 0) is 15.9 Å². The summed E-state index contributed by atoms with van der Waals surface area (Å²) >= 11 is 3.26. The molecule has 0 aliphatic heterocycles. The van der Waals surface area contributed by atoms with Crippen molar-refractivity contribution in [2.24, 2.45) is 0 Å². The number of hydrogen-bond acceptors (Lipinski definition) is 5. The minimum Gasteiger partial charge on any atom is -0.480 e. The van der Waals surface area contributed by atoms with E-state index < -0.39 is 0 Å². The Morgan fingerprint density at radius 1 is 1.47 bits per heavy atom. The summed E-state index contributed by atoms with van der Waals surface area (Å²) in [6.07, 6.45) is 4.80. The van der Waals surface area contributed by atoms with E-state index in [1.54, 1.807) is 12.4 Å². The number of nitrogen functional groups attached to an aromatic ring is 1. The van der Waals surface area contributed by atoms with Gasteiger partial charge in [0.15, 0.2) is 11.6 Å². The Balaban J connectivity index is 2.44. The minimum atomic E-state index is 0.402. The molecule has 78 valence electrons. The maximum Gasteiger partial charge on any atom is 0.234 e. The molecule has 0 aliphatic carbocycles. The molecule has 2 heterocycles. The van der Waals surface area contributed by atoms with Gasteiger partial charge < -0.3 is 10.5 Å². The normalized spacial score (nSPS) is 10.3. The molecule has 0 fully saturated rings. The zero-order chi connectivity index (χ0) is 10.8. The summed E-state index contributed by atoms with van der Waals surface area (Å²) < 4.78 is 7.19. The van der Waals surface area contributed by atoms with Gasteiger partial charge in [0.2, 0.25) is 5.88 Å². The van der Waals surface area contributed by atoms with E-state index in [0.29, 0.717) is 22.0 Å². The van der Waals surface area contributed by atoms with E-state index in [1.807, 2.05) is 0 Å². The van der Waals surface area contributed by atoms with Crippen molar-refractivity contribution in [1.82, 2.24) is 19.7 Å². The molecule has 15 heavy (non-hydrogen) atoms. The molecule has 6 nitrogen and oxygen atoms in total. The molecule has 2 N–H and O–H groups in total. The second-order valence-electron chi connectivity index (χ2n) is 2.73. The number of nitrogens with zero attached hydrogens (tertiary/aromatic N) is 4. The second kappa shape index (κ2) is 3.85. The minimum absolute atomic E-state index is 0.402. The standard InChI is InChI=1S/C8H8BrN5O/c1-15-7-3-11-2-6(12-7)14-4-5(9)8(10)13-14/h2-4H,1H3,(H2,10,13). The van der Waals surface area contributed by atoms with E-state index in [2.05, 4.69) is 31.0 Å². The van der Waals surface area contributed by atoms with Crippen molar-refractivity contribution in [3.05, 3.63) is 23.1 Å². The molecule has 2 rings (SSSR count). The summed E-state index contributed by atoms with van der Waals surface area (Å²) in [6.45, 7) is 0. The Morgan fingerprint density at radius 3 is 2.87 bits per heavy atom. The van der Waals surface area contributed by atoms with Crippen LogP contribution in [0.2, 0.25) is 0 Å². The van der Waals surface area contributed by atoms with Crippen molar-refractivity contribution in [2.45, 2.75) is 0 Å². The zero-order valence-electron chi connectivity index (χ0n) is 7.88. The van der Waals surface area contributed by atoms with Crippen LogP contribution in [0.1, 0.15) is 0 Å². The molecule has 0 atom stereocenters. The van der Waals surface area contributed by atoms with Gasteiger partial charge in [-0.1, -0.05) is 0 Å². The molecule has 2 aromatic rings. The Kier molecular flexibility index (Phi) is 2.55. The monoisotopic (exact) mass is 269 g/mol. The van der Waals surface area contributed by atoms with Gasteiger partial charge in [0.25, 0.3) is 0 Å². The topological polar surface area (TPSA) is 78.9 Å². The summed E-state index contributed by atoms with van der Waals surface area (Å²) in [5.41, 5.74) is 5.59. The van der Waals surface area contributed by atoms with Crippen LogP contribution in [0, 0.1) is 0 Å². The van der Waals surface area contributed by atoms with E-state index in [9.17, 15) is 0 Å². The Morgan fingerprint density at radius 2 is 2.27 bits per heavy atom. The highest BCUT2D eigenvalue weighted by Gasteiger charge is 2.06. The van der Waals surface area contributed by atoms with Crippen molar-refractivity contribution < 1.29 is 4.74 Å². The molecular weight excluding hydrogens is 262 g/mol. The van der Waals surface area contributed by atoms with Crippen LogP contribution in [0.3, 0.4) is 0 Å². The molecule has 0 spiro atoms. The molecule has 0 saturated carbocycles. The fraction of sp³-hybridized carbons (Fsp3) is 0.125. The van der Waals surface area contributed by atoms with Crippen molar-refractivity contribution >= 4 is 21.7 Å². The number of hydrogen-bond donors (Lipinski definition) is 1. The van der Waals surface area contributed by atoms with Crippen LogP contribution in [-0.4, -0.2) is 26.9 Å². The molecule has 0 saturated heterocycles. The third-order valence-corrected chi connectivity index (χ3v) is 2.35. The Labute approximate surface area is 94.2 Å². The lowest BCUT2D eigenvalue weighted by molar-refractivity contribution is 0.394. The van der Waals surface area contributed by atoms with Crippen LogP contribution >= 0.6 is 15.9 Å². The quantitative estimate of drug-likeness (QED) is 0.881. The van der Waals surface area contributed by atoms with E-state index in [4.69, 9.17) is 10.5 Å². The fourth-order valence-electron chi connectivity index (χ4n) is 1.03. The van der Waals surface area contributed by atoms with E-state index in [1.165, 1.54) is 18.0 Å². The first-order valence-electron chi connectivity index (χ1n) is 4.08. The summed E-state index contributed by atoms with van der Waals surface area (Å²) in [4.78, 5) is 8.12. The molecule has 0 aromatic carbocycles. The summed E-state index contributed by atoms with van der Waals surface area (Å²) in [5, 5.41) is 4.05. The molecule has 0 unspecified atom stereocenters. The zero-order valence-corrected chi connectivity index (χ0v) is 9.47. The third-order valence-electron chi connectivity index (χ3n) is 1.74. The highest BCUT2D eigenvalue weighted by molar-refractivity contribution is 9.10. The number of nitrogens with two attached hydrogens (primary N) is 1. The number of methoxy groups -OCH3 is 1. The van der Waals surface area contributed by atoms with Crippen LogP contribution in [0.4, 0.5) is 5.82 Å². The Bertz CT molecular complexity index is 464. The highest BCUT2D eigenvalue weighted by atomic mass is 79.9. The van der Waals surface area contributed by atoms with Crippen molar-refractivity contribution in [3.63, 3.8) is 0 Å². The van der Waals surface area contributed by atoms with Gasteiger partial charge in [-0.3, -0.25) is 4.98 Å². The maximum absolute atomic E-state index is 5.59. The first-order valence-corrected chi connectivity index (χ1v) is 4.87. The largest absolute Gasteiger partial charge is 0.480 e. The van der Waals surface area contributed by atoms with Crippen LogP contribution in [0.15, 0.2) is 23.1 Å². The van der Waals surface area contributed by atoms with Gasteiger partial charge in [0, 0.05) is 6.20 Å². The molecule has 0 bridgehead atoms. The number of halogens is 1. The van der Waals surface area contributed by atoms with Gasteiger partial charge in [0.1, 0.15) is 0 Å². The third kappa shape index (κ3) is 1.91. The Hall–Kier alpha value is -1.63. The van der Waals surface area contributed by atoms with Crippen LogP contribution in [0.25, 0.3) is 5.82 Å². The van der Waals surface area contributed by atoms with Gasteiger partial charge >= 0.3 is 0 Å². The predicted molar refractivity (Wildman–Crippen MR) is 57.8 cm³/mol. The van der Waals surface area contributed by atoms with E-state index in [0.717, 1.165) is 0 Å². The first-order chi connectivity index (χ1) is 7.20. The first kappa shape index (κ1) is 9.91. The van der Waals surface area contributed by atoms with Crippen molar-refractivity contribution in [3.8, 4) is 11.7 Å². The van der Waals surface area contributed by atoms with Crippen molar-refractivity contribution in [1.29, 1.82) is 0 Å². The van der Waals surface area contributed by atoms with Crippen LogP contribution in [0.5, 0.6) is 5.88 Å². The highest BCUT2D eigenvalue weighted by Crippen LogP contribution is 2.18. The lowest BCUT2D eigenvalue weighted by Crippen LogP contribution is -2.01. The van der Waals surface area contributed by atoms with Gasteiger partial charge in [-0.25, -0.2) is 4.68 Å². The van der Waals surface area contributed by atoms with Gasteiger partial charge in [0.05, 0.1) is 24.0 Å². The van der Waals surface area contributed by atoms with Crippen molar-refractivity contribution in [2.75, 3.05) is 12.8 Å². The lowest BCUT2D eigenvalue weighted by Gasteiger charge is -2.01. The molecule has 0 radical (unpaired) electrons. The smallest absolute Gasteiger partial charge is 0.234 e. The predicted octanol–water partition coefficient (Wildman–Crippen LogP) is 1.02. The van der Waals surface area contributed by atoms with Crippen LogP contribution in [-0.2, 0) is 0 Å². The number of anilines is 1. The second-order valence-corrected chi connectivity index (χ2v) is 3.58. The molecule has 0 amide bonds. The number of aromatic nitrogens is 4.